The maximum Gasteiger partial charge on any atom is 0.311 e. The first-order valence-corrected chi connectivity index (χ1v) is 11.2. The highest BCUT2D eigenvalue weighted by atomic mass is 16.5. The van der Waals surface area contributed by atoms with Crippen molar-refractivity contribution in [2.45, 2.75) is 52.5 Å². The Balaban J connectivity index is 1.49. The number of fused-ring (bicyclic) bond motifs is 1. The molecule has 1 aromatic rings. The standard InChI is InChI=1S/C22H33N3O5/c1-3-17-19-18(10-22(14-23-20(19)26)5-8-28-9-6-22)25(24-17)11-15(2)12-30-21(27)16-4-7-29-13-16/h15-16H,3-14H2,1-2H3,(H,23,26)/t15-,16?/m1/s1. The number of aromatic nitrogens is 2. The average Bonchev–Trinajstić information content (AvgIpc) is 3.37. The van der Waals surface area contributed by atoms with Crippen LogP contribution in [0.15, 0.2) is 0 Å². The number of carbonyl (C=O) groups excluding carboxylic acids is 2. The van der Waals surface area contributed by atoms with Crippen LogP contribution >= 0.6 is 0 Å². The van der Waals surface area contributed by atoms with Crippen molar-refractivity contribution in [3.8, 4) is 0 Å². The largest absolute Gasteiger partial charge is 0.465 e. The number of ether oxygens (including phenoxy) is 3. The molecule has 0 radical (unpaired) electrons. The Morgan fingerprint density at radius 1 is 1.33 bits per heavy atom. The first-order valence-electron chi connectivity index (χ1n) is 11.2. The van der Waals surface area contributed by atoms with E-state index in [1.165, 1.54) is 0 Å². The third kappa shape index (κ3) is 4.39. The Bertz CT molecular complexity index is 778. The summed E-state index contributed by atoms with van der Waals surface area (Å²) in [4.78, 5) is 25.1. The smallest absolute Gasteiger partial charge is 0.311 e. The summed E-state index contributed by atoms with van der Waals surface area (Å²) < 4.78 is 18.4. The van der Waals surface area contributed by atoms with Crippen LogP contribution in [0.3, 0.4) is 0 Å². The molecule has 2 saturated heterocycles. The van der Waals surface area contributed by atoms with Crippen molar-refractivity contribution in [1.29, 1.82) is 0 Å². The summed E-state index contributed by atoms with van der Waals surface area (Å²) in [5, 5.41) is 7.93. The lowest BCUT2D eigenvalue weighted by Gasteiger charge is -2.36. The summed E-state index contributed by atoms with van der Waals surface area (Å²) in [6.07, 6.45) is 4.15. The summed E-state index contributed by atoms with van der Waals surface area (Å²) >= 11 is 0. The predicted molar refractivity (Wildman–Crippen MR) is 109 cm³/mol. The lowest BCUT2D eigenvalue weighted by atomic mass is 9.76. The van der Waals surface area contributed by atoms with Crippen LogP contribution in [0, 0.1) is 17.3 Å². The number of aryl methyl sites for hydroxylation is 1. The topological polar surface area (TPSA) is 91.7 Å². The fourth-order valence-corrected chi connectivity index (χ4v) is 4.73. The summed E-state index contributed by atoms with van der Waals surface area (Å²) in [7, 11) is 0. The fraction of sp³-hybridized carbons (Fsp3) is 0.773. The van der Waals surface area contributed by atoms with Gasteiger partial charge in [0.05, 0.1) is 36.1 Å². The average molecular weight is 420 g/mol. The number of hydrogen-bond acceptors (Lipinski definition) is 6. The van der Waals surface area contributed by atoms with E-state index in [4.69, 9.17) is 19.3 Å². The lowest BCUT2D eigenvalue weighted by molar-refractivity contribution is -0.149. The molecular weight excluding hydrogens is 386 g/mol. The molecule has 1 N–H and O–H groups in total. The van der Waals surface area contributed by atoms with Gasteiger partial charge in [-0.05, 0) is 37.5 Å². The van der Waals surface area contributed by atoms with Gasteiger partial charge in [-0.2, -0.15) is 5.10 Å². The number of amides is 1. The molecule has 1 amide bonds. The second-order valence-electron chi connectivity index (χ2n) is 9.07. The summed E-state index contributed by atoms with van der Waals surface area (Å²) in [6, 6.07) is 0. The number of nitrogens with one attached hydrogen (secondary N) is 1. The molecule has 4 rings (SSSR count). The molecule has 3 aliphatic rings. The highest BCUT2D eigenvalue weighted by Crippen LogP contribution is 2.37. The van der Waals surface area contributed by atoms with Gasteiger partial charge in [-0.3, -0.25) is 14.3 Å². The molecule has 2 fully saturated rings. The molecule has 0 aromatic carbocycles. The van der Waals surface area contributed by atoms with Gasteiger partial charge in [-0.1, -0.05) is 13.8 Å². The van der Waals surface area contributed by atoms with Gasteiger partial charge in [0.1, 0.15) is 0 Å². The van der Waals surface area contributed by atoms with Crippen molar-refractivity contribution in [2.24, 2.45) is 17.3 Å². The number of carbonyl (C=O) groups is 2. The highest BCUT2D eigenvalue weighted by Gasteiger charge is 2.39. The Labute approximate surface area is 177 Å². The van der Waals surface area contributed by atoms with Crippen LogP contribution in [0.25, 0.3) is 0 Å². The maximum atomic E-state index is 12.9. The van der Waals surface area contributed by atoms with Crippen molar-refractivity contribution >= 4 is 11.9 Å². The molecule has 8 heteroatoms. The molecule has 1 unspecified atom stereocenters. The molecule has 8 nitrogen and oxygen atoms in total. The summed E-state index contributed by atoms with van der Waals surface area (Å²) in [5.41, 5.74) is 2.64. The molecule has 3 aliphatic heterocycles. The number of esters is 1. The van der Waals surface area contributed by atoms with Gasteiger partial charge in [0.15, 0.2) is 0 Å². The van der Waals surface area contributed by atoms with E-state index in [2.05, 4.69) is 12.2 Å². The summed E-state index contributed by atoms with van der Waals surface area (Å²) in [5.74, 6) is -0.228. The molecule has 2 atom stereocenters. The Morgan fingerprint density at radius 2 is 2.13 bits per heavy atom. The lowest BCUT2D eigenvalue weighted by Crippen LogP contribution is -2.41. The van der Waals surface area contributed by atoms with Crippen LogP contribution in [-0.2, 0) is 38.4 Å². The molecular formula is C22H33N3O5. The monoisotopic (exact) mass is 419 g/mol. The maximum absolute atomic E-state index is 12.9. The third-order valence-corrected chi connectivity index (χ3v) is 6.67. The van der Waals surface area contributed by atoms with Crippen molar-refractivity contribution in [1.82, 2.24) is 15.1 Å². The zero-order valence-electron chi connectivity index (χ0n) is 18.1. The Hall–Kier alpha value is -1.93. The van der Waals surface area contributed by atoms with Crippen LogP contribution in [-0.4, -0.2) is 61.2 Å². The van der Waals surface area contributed by atoms with Gasteiger partial charge >= 0.3 is 5.97 Å². The minimum Gasteiger partial charge on any atom is -0.465 e. The fourth-order valence-electron chi connectivity index (χ4n) is 4.73. The van der Waals surface area contributed by atoms with Gasteiger partial charge < -0.3 is 19.5 Å². The van der Waals surface area contributed by atoms with E-state index in [1.807, 2.05) is 11.6 Å². The molecule has 4 heterocycles. The molecule has 166 valence electrons. The summed E-state index contributed by atoms with van der Waals surface area (Å²) in [6.45, 7) is 8.29. The quantitative estimate of drug-likeness (QED) is 0.707. The van der Waals surface area contributed by atoms with Crippen LogP contribution in [0.2, 0.25) is 0 Å². The Morgan fingerprint density at radius 3 is 2.83 bits per heavy atom. The van der Waals surface area contributed by atoms with Gasteiger partial charge in [-0.15, -0.1) is 0 Å². The zero-order chi connectivity index (χ0) is 21.1. The van der Waals surface area contributed by atoms with Crippen molar-refractivity contribution in [2.75, 3.05) is 39.6 Å². The molecule has 0 bridgehead atoms. The molecule has 1 aromatic heterocycles. The van der Waals surface area contributed by atoms with Gasteiger partial charge in [-0.25, -0.2) is 0 Å². The van der Waals surface area contributed by atoms with Gasteiger partial charge in [0.2, 0.25) is 0 Å². The second kappa shape index (κ2) is 9.06. The SMILES string of the molecule is CCc1nn(C[C@@H](C)COC(=O)C2CCOC2)c2c1C(=O)NCC1(CCOCC1)C2. The first kappa shape index (κ1) is 21.3. The number of hydrogen-bond donors (Lipinski definition) is 1. The molecule has 30 heavy (non-hydrogen) atoms. The van der Waals surface area contributed by atoms with E-state index in [0.717, 1.165) is 55.8 Å². The van der Waals surface area contributed by atoms with Crippen LogP contribution in [0.5, 0.6) is 0 Å². The number of rotatable bonds is 6. The van der Waals surface area contributed by atoms with Crippen molar-refractivity contribution in [3.63, 3.8) is 0 Å². The molecule has 0 aliphatic carbocycles. The van der Waals surface area contributed by atoms with Crippen LogP contribution < -0.4 is 5.32 Å². The van der Waals surface area contributed by atoms with E-state index in [0.29, 0.717) is 39.3 Å². The number of nitrogens with zero attached hydrogens (tertiary/aromatic N) is 2. The van der Waals surface area contributed by atoms with Gasteiger partial charge in [0, 0.05) is 38.8 Å². The van der Waals surface area contributed by atoms with Crippen molar-refractivity contribution < 1.29 is 23.8 Å². The normalized spacial score (nSPS) is 24.2. The van der Waals surface area contributed by atoms with Crippen molar-refractivity contribution in [3.05, 3.63) is 17.0 Å². The predicted octanol–water partition coefficient (Wildman–Crippen LogP) is 1.74. The Kier molecular flexibility index (Phi) is 6.43. The second-order valence-corrected chi connectivity index (χ2v) is 9.07. The molecule has 1 spiro atoms. The van der Waals surface area contributed by atoms with Crippen LogP contribution in [0.4, 0.5) is 0 Å². The van der Waals surface area contributed by atoms with E-state index in [-0.39, 0.29) is 29.1 Å². The minimum absolute atomic E-state index is 0.0169. The third-order valence-electron chi connectivity index (χ3n) is 6.67. The van der Waals surface area contributed by atoms with Crippen LogP contribution in [0.1, 0.15) is 54.9 Å². The zero-order valence-corrected chi connectivity index (χ0v) is 18.1. The van der Waals surface area contributed by atoms with E-state index < -0.39 is 0 Å². The van der Waals surface area contributed by atoms with E-state index >= 15 is 0 Å². The molecule has 0 saturated carbocycles. The minimum atomic E-state index is -0.173. The van der Waals surface area contributed by atoms with E-state index in [1.54, 1.807) is 0 Å². The van der Waals surface area contributed by atoms with Gasteiger partial charge in [0.25, 0.3) is 5.91 Å². The first-order chi connectivity index (χ1) is 14.5. The van der Waals surface area contributed by atoms with E-state index in [9.17, 15) is 9.59 Å². The highest BCUT2D eigenvalue weighted by molar-refractivity contribution is 5.97.